The first-order valence-electron chi connectivity index (χ1n) is 7.95. The van der Waals surface area contributed by atoms with Crippen molar-refractivity contribution in [1.82, 2.24) is 0 Å². The Labute approximate surface area is 140 Å². The summed E-state index contributed by atoms with van der Waals surface area (Å²) in [6, 6.07) is 12.2. The summed E-state index contributed by atoms with van der Waals surface area (Å²) in [5.74, 6) is 1.15. The van der Waals surface area contributed by atoms with Crippen molar-refractivity contribution in [2.75, 3.05) is 18.5 Å². The van der Waals surface area contributed by atoms with Gasteiger partial charge < -0.3 is 14.8 Å². The van der Waals surface area contributed by atoms with Gasteiger partial charge in [-0.15, -0.1) is 0 Å². The molecule has 1 heterocycles. The van der Waals surface area contributed by atoms with E-state index in [4.69, 9.17) is 9.47 Å². The molecule has 0 spiro atoms. The summed E-state index contributed by atoms with van der Waals surface area (Å²) in [5.41, 5.74) is 1.52. The number of fused-ring (bicyclic) bond motifs is 1. The number of nitrogens with one attached hydrogen (secondary N) is 1. The van der Waals surface area contributed by atoms with Crippen molar-refractivity contribution < 1.29 is 13.9 Å². The number of anilines is 1. The predicted molar refractivity (Wildman–Crippen MR) is 89.7 cm³/mol. The Hall–Kier alpha value is -2.74. The van der Waals surface area contributed by atoms with Crippen molar-refractivity contribution in [3.63, 3.8) is 0 Å². The van der Waals surface area contributed by atoms with E-state index in [0.29, 0.717) is 24.7 Å². The van der Waals surface area contributed by atoms with E-state index in [1.807, 2.05) is 24.3 Å². The molecule has 0 saturated carbocycles. The molecule has 0 bridgehead atoms. The van der Waals surface area contributed by atoms with E-state index in [1.54, 1.807) is 12.1 Å². The lowest BCUT2D eigenvalue weighted by Crippen LogP contribution is -2.19. The van der Waals surface area contributed by atoms with Crippen molar-refractivity contribution in [3.8, 4) is 17.6 Å². The van der Waals surface area contributed by atoms with Gasteiger partial charge in [-0.25, -0.2) is 4.39 Å². The van der Waals surface area contributed by atoms with Crippen LogP contribution in [0.3, 0.4) is 0 Å². The van der Waals surface area contributed by atoms with Gasteiger partial charge in [0.25, 0.3) is 0 Å². The third-order valence-corrected chi connectivity index (χ3v) is 4.03. The molecular weight excluding hydrogens is 307 g/mol. The molecule has 0 amide bonds. The molecule has 0 radical (unpaired) electrons. The van der Waals surface area contributed by atoms with Crippen LogP contribution in [-0.2, 0) is 0 Å². The SMILES string of the molecule is CC(C)C(Nc1cccc(F)c1C#N)c1ccc2c(c1)OCCO2. The molecule has 2 aromatic carbocycles. The molecule has 0 aliphatic carbocycles. The van der Waals surface area contributed by atoms with E-state index in [2.05, 4.69) is 19.2 Å². The van der Waals surface area contributed by atoms with Crippen LogP contribution in [0.4, 0.5) is 10.1 Å². The second kappa shape index (κ2) is 6.79. The third-order valence-electron chi connectivity index (χ3n) is 4.03. The molecule has 124 valence electrons. The normalized spacial score (nSPS) is 14.1. The molecule has 1 N–H and O–H groups in total. The fourth-order valence-corrected chi connectivity index (χ4v) is 2.81. The number of rotatable bonds is 4. The molecule has 1 atom stereocenters. The fraction of sp³-hybridized carbons (Fsp3) is 0.316. The van der Waals surface area contributed by atoms with Crippen LogP contribution in [-0.4, -0.2) is 13.2 Å². The van der Waals surface area contributed by atoms with Gasteiger partial charge in [0.2, 0.25) is 0 Å². The monoisotopic (exact) mass is 326 g/mol. The van der Waals surface area contributed by atoms with E-state index >= 15 is 0 Å². The summed E-state index contributed by atoms with van der Waals surface area (Å²) in [4.78, 5) is 0. The lowest BCUT2D eigenvalue weighted by Gasteiger charge is -2.26. The van der Waals surface area contributed by atoms with Crippen molar-refractivity contribution >= 4 is 5.69 Å². The van der Waals surface area contributed by atoms with Gasteiger partial charge in [0.15, 0.2) is 11.5 Å². The standard InChI is InChI=1S/C19H19FN2O2/c1-12(2)19(22-16-5-3-4-15(20)14(16)11-21)13-6-7-17-18(10-13)24-9-8-23-17/h3-7,10,12,19,22H,8-9H2,1-2H3. The van der Waals surface area contributed by atoms with Gasteiger partial charge in [-0.1, -0.05) is 26.0 Å². The maximum atomic E-state index is 13.8. The van der Waals surface area contributed by atoms with Crippen LogP contribution >= 0.6 is 0 Å². The van der Waals surface area contributed by atoms with Crippen molar-refractivity contribution in [2.45, 2.75) is 19.9 Å². The maximum Gasteiger partial charge on any atom is 0.161 e. The summed E-state index contributed by atoms with van der Waals surface area (Å²) in [7, 11) is 0. The average molecular weight is 326 g/mol. The lowest BCUT2D eigenvalue weighted by molar-refractivity contribution is 0.171. The number of nitriles is 1. The molecule has 5 heteroatoms. The summed E-state index contributed by atoms with van der Waals surface area (Å²) < 4.78 is 25.0. The molecule has 0 aromatic heterocycles. The molecule has 3 rings (SSSR count). The second-order valence-electron chi connectivity index (χ2n) is 6.04. The Bertz CT molecular complexity index is 783. The summed E-state index contributed by atoms with van der Waals surface area (Å²) in [6.07, 6.45) is 0. The Morgan fingerprint density at radius 2 is 1.88 bits per heavy atom. The van der Waals surface area contributed by atoms with Crippen LogP contribution in [0.5, 0.6) is 11.5 Å². The molecule has 4 nitrogen and oxygen atoms in total. The first-order valence-corrected chi connectivity index (χ1v) is 7.95. The molecule has 0 fully saturated rings. The number of hydrogen-bond donors (Lipinski definition) is 1. The van der Waals surface area contributed by atoms with Gasteiger partial charge >= 0.3 is 0 Å². The van der Waals surface area contributed by atoms with E-state index in [9.17, 15) is 9.65 Å². The first-order chi connectivity index (χ1) is 11.6. The molecule has 1 aliphatic rings. The zero-order valence-electron chi connectivity index (χ0n) is 13.7. The zero-order valence-corrected chi connectivity index (χ0v) is 13.7. The molecule has 24 heavy (non-hydrogen) atoms. The largest absolute Gasteiger partial charge is 0.486 e. The van der Waals surface area contributed by atoms with Crippen LogP contribution in [0, 0.1) is 23.1 Å². The molecule has 0 saturated heterocycles. The smallest absolute Gasteiger partial charge is 0.161 e. The second-order valence-corrected chi connectivity index (χ2v) is 6.04. The topological polar surface area (TPSA) is 54.3 Å². The van der Waals surface area contributed by atoms with Gasteiger partial charge in [-0.2, -0.15) is 5.26 Å². The van der Waals surface area contributed by atoms with Crippen LogP contribution < -0.4 is 14.8 Å². The molecule has 2 aromatic rings. The van der Waals surface area contributed by atoms with Gasteiger partial charge in [-0.05, 0) is 35.7 Å². The summed E-state index contributed by atoms with van der Waals surface area (Å²) in [5, 5.41) is 12.5. The van der Waals surface area contributed by atoms with Crippen molar-refractivity contribution in [2.24, 2.45) is 5.92 Å². The predicted octanol–water partition coefficient (Wildman–Crippen LogP) is 4.28. The van der Waals surface area contributed by atoms with Gasteiger partial charge in [0.05, 0.1) is 11.7 Å². The number of nitrogens with zero attached hydrogens (tertiary/aromatic N) is 1. The number of hydrogen-bond acceptors (Lipinski definition) is 4. The van der Waals surface area contributed by atoms with Gasteiger partial charge in [0.1, 0.15) is 30.7 Å². The minimum atomic E-state index is -0.521. The average Bonchev–Trinajstić information content (AvgIpc) is 2.59. The van der Waals surface area contributed by atoms with E-state index in [0.717, 1.165) is 11.3 Å². The highest BCUT2D eigenvalue weighted by atomic mass is 19.1. The van der Waals surface area contributed by atoms with Crippen LogP contribution in [0.25, 0.3) is 0 Å². The maximum absolute atomic E-state index is 13.8. The van der Waals surface area contributed by atoms with Gasteiger partial charge in [-0.3, -0.25) is 0 Å². The molecule has 1 unspecified atom stereocenters. The first kappa shape index (κ1) is 16.1. The Kier molecular flexibility index (Phi) is 4.57. The summed E-state index contributed by atoms with van der Waals surface area (Å²) in [6.45, 7) is 5.21. The number of benzene rings is 2. The van der Waals surface area contributed by atoms with E-state index < -0.39 is 5.82 Å². The number of ether oxygens (including phenoxy) is 2. The zero-order chi connectivity index (χ0) is 17.1. The lowest BCUT2D eigenvalue weighted by atomic mass is 9.95. The quantitative estimate of drug-likeness (QED) is 0.911. The highest BCUT2D eigenvalue weighted by Gasteiger charge is 2.21. The highest BCUT2D eigenvalue weighted by Crippen LogP contribution is 2.36. The third kappa shape index (κ3) is 3.13. The van der Waals surface area contributed by atoms with Crippen LogP contribution in [0.2, 0.25) is 0 Å². The van der Waals surface area contributed by atoms with E-state index in [1.165, 1.54) is 6.07 Å². The molecular formula is C19H19FN2O2. The van der Waals surface area contributed by atoms with E-state index in [-0.39, 0.29) is 17.5 Å². The van der Waals surface area contributed by atoms with Gasteiger partial charge in [0, 0.05) is 0 Å². The molecule has 1 aliphatic heterocycles. The Balaban J connectivity index is 1.94. The van der Waals surface area contributed by atoms with Crippen LogP contribution in [0.1, 0.15) is 31.0 Å². The minimum absolute atomic E-state index is 0.0284. The Morgan fingerprint density at radius 3 is 2.58 bits per heavy atom. The Morgan fingerprint density at radius 1 is 1.12 bits per heavy atom. The fourth-order valence-electron chi connectivity index (χ4n) is 2.81. The van der Waals surface area contributed by atoms with Crippen LogP contribution in [0.15, 0.2) is 36.4 Å². The van der Waals surface area contributed by atoms with Crippen molar-refractivity contribution in [1.29, 1.82) is 5.26 Å². The highest BCUT2D eigenvalue weighted by molar-refractivity contribution is 5.59. The minimum Gasteiger partial charge on any atom is -0.486 e. The van der Waals surface area contributed by atoms with Crippen molar-refractivity contribution in [3.05, 3.63) is 53.3 Å². The summed E-state index contributed by atoms with van der Waals surface area (Å²) >= 11 is 0. The number of halogens is 1.